The van der Waals surface area contributed by atoms with Gasteiger partial charge in [-0.1, -0.05) is 129 Å². The Balaban J connectivity index is 0.000000196. The summed E-state index contributed by atoms with van der Waals surface area (Å²) in [7, 11) is -5.25. The first-order chi connectivity index (χ1) is 44.0. The molecule has 492 valence electrons. The average molecular weight is 1350 g/mol. The molecule has 0 aliphatic heterocycles. The molecule has 14 nitrogen and oxygen atoms in total. The van der Waals surface area contributed by atoms with Gasteiger partial charge in [0.2, 0.25) is 28.4 Å². The average Bonchev–Trinajstić information content (AvgIpc) is 1.62. The second-order valence-electron chi connectivity index (χ2n) is 28.4. The van der Waals surface area contributed by atoms with E-state index in [9.17, 15) is 9.59 Å². The number of aromatic nitrogens is 6. The molecule has 8 aromatic rings. The van der Waals surface area contributed by atoms with Gasteiger partial charge in [0, 0.05) is 82.9 Å². The number of rotatable bonds is 26. The first-order valence-electron chi connectivity index (χ1n) is 33.8. The van der Waals surface area contributed by atoms with Crippen LogP contribution in [0.25, 0.3) is 33.2 Å². The maximum absolute atomic E-state index is 13.3. The Morgan fingerprint density at radius 1 is 0.565 bits per heavy atom. The molecule has 18 heteroatoms. The quantitative estimate of drug-likeness (QED) is 0.0301. The van der Waals surface area contributed by atoms with Gasteiger partial charge in [-0.3, -0.25) is 19.6 Å². The number of amides is 2. The Morgan fingerprint density at radius 3 is 1.50 bits per heavy atom. The van der Waals surface area contributed by atoms with Gasteiger partial charge in [0.05, 0.1) is 24.5 Å². The van der Waals surface area contributed by atoms with E-state index in [1.54, 1.807) is 30.6 Å². The topological polar surface area (TPSA) is 179 Å². The van der Waals surface area contributed by atoms with Crippen molar-refractivity contribution in [3.63, 3.8) is 0 Å². The van der Waals surface area contributed by atoms with E-state index in [1.807, 2.05) is 67.0 Å². The summed E-state index contributed by atoms with van der Waals surface area (Å²) in [6.07, 6.45) is 29.9. The van der Waals surface area contributed by atoms with Gasteiger partial charge in [-0.15, -0.1) is 0 Å². The fourth-order valence-electron chi connectivity index (χ4n) is 12.3. The van der Waals surface area contributed by atoms with Crippen molar-refractivity contribution in [1.29, 1.82) is 0 Å². The number of nitrogens with zero attached hydrogens (tertiary/aromatic N) is 6. The van der Waals surface area contributed by atoms with E-state index in [0.717, 1.165) is 108 Å². The molecular weight excluding hydrogens is 1240 g/mol. The molecule has 2 aliphatic rings. The number of nitrogens with one attached hydrogen (secondary N) is 2. The highest BCUT2D eigenvalue weighted by Crippen LogP contribution is 2.41. The van der Waals surface area contributed by atoms with Crippen LogP contribution in [0, 0.1) is 23.7 Å². The van der Waals surface area contributed by atoms with Gasteiger partial charge in [0.25, 0.3) is 0 Å². The Bertz CT molecular complexity index is 3580. The maximum Gasteiger partial charge on any atom is 0.488 e. The van der Waals surface area contributed by atoms with Crippen LogP contribution in [0.5, 0.6) is 11.5 Å². The van der Waals surface area contributed by atoms with E-state index in [0.29, 0.717) is 36.1 Å². The van der Waals surface area contributed by atoms with Crippen molar-refractivity contribution < 1.29 is 28.5 Å². The monoisotopic (exact) mass is 1340 g/mol. The molecule has 0 radical (unpaired) electrons. The van der Waals surface area contributed by atoms with Crippen molar-refractivity contribution in [2.24, 2.45) is 23.7 Å². The summed E-state index contributed by atoms with van der Waals surface area (Å²) in [5.41, 5.74) is 6.70. The van der Waals surface area contributed by atoms with Crippen LogP contribution in [0.3, 0.4) is 0 Å². The smallest absolute Gasteiger partial charge is 0.488 e. The zero-order chi connectivity index (χ0) is 65.9. The fourth-order valence-corrected chi connectivity index (χ4v) is 14.9. The summed E-state index contributed by atoms with van der Waals surface area (Å²) < 4.78 is 18.3. The summed E-state index contributed by atoms with van der Waals surface area (Å²) in [6.45, 7) is 25.1. The van der Waals surface area contributed by atoms with Crippen LogP contribution in [0.4, 0.5) is 0 Å². The molecule has 4 N–H and O–H groups in total. The van der Waals surface area contributed by atoms with Gasteiger partial charge in [0.15, 0.2) is 0 Å². The van der Waals surface area contributed by atoms with Crippen LogP contribution in [0.15, 0.2) is 151 Å². The number of halogens is 1. The molecule has 0 spiro atoms. The van der Waals surface area contributed by atoms with Crippen molar-refractivity contribution in [2.45, 2.75) is 207 Å². The minimum Gasteiger partial charge on any atom is -0.544 e. The molecule has 6 heterocycles. The highest BCUT2D eigenvalue weighted by atomic mass is 79.9. The summed E-state index contributed by atoms with van der Waals surface area (Å²) in [4.78, 5) is 44.2. The molecule has 2 amide bonds. The molecule has 2 aliphatic carbocycles. The molecule has 2 atom stereocenters. The molecule has 92 heavy (non-hydrogen) atoms. The Hall–Kier alpha value is -6.44. The Labute approximate surface area is 559 Å². The van der Waals surface area contributed by atoms with Crippen molar-refractivity contribution in [3.8, 4) is 22.6 Å². The number of carbonyl (C=O) groups is 2. The SMILES string of the molecule is CC(C)(C)[Si](C)(C)Oc1cccc(-c2cn(CCCCCC(C(=O)NCc3ccccn3)C3CCCC3)c3ncccc23)c1.CC(C)(C)[Si](C)(C)Oc1cccc(B(O)O)c1.O=C(NCc1ccccn1)C(CCCCCn1cc(Br)c2cccnc21)C1CCCC1. The minimum absolute atomic E-state index is 0.0997. The Kier molecular flexibility index (Phi) is 26.1. The van der Waals surface area contributed by atoms with Gasteiger partial charge >= 0.3 is 7.12 Å². The van der Waals surface area contributed by atoms with Crippen LogP contribution in [0.1, 0.15) is 156 Å². The number of unbranched alkanes of at least 4 members (excludes halogenated alkanes) is 4. The molecular formula is C74H102BBrN8O6Si2. The molecule has 10 rings (SSSR count). The van der Waals surface area contributed by atoms with Gasteiger partial charge < -0.3 is 38.7 Å². The van der Waals surface area contributed by atoms with Gasteiger partial charge in [-0.05, 0) is 199 Å². The molecule has 0 saturated heterocycles. The summed E-state index contributed by atoms with van der Waals surface area (Å²) >= 11 is 3.63. The third-order valence-corrected chi connectivity index (χ3v) is 29.0. The third-order valence-electron chi connectivity index (χ3n) is 19.7. The number of hydrogen-bond donors (Lipinski definition) is 4. The number of carbonyl (C=O) groups excluding carboxylic acids is 2. The molecule has 2 saturated carbocycles. The van der Waals surface area contributed by atoms with Crippen LogP contribution >= 0.6 is 15.9 Å². The van der Waals surface area contributed by atoms with Crippen molar-refractivity contribution in [3.05, 3.63) is 162 Å². The maximum atomic E-state index is 13.3. The Morgan fingerprint density at radius 2 is 1.02 bits per heavy atom. The van der Waals surface area contributed by atoms with E-state index in [-0.39, 0.29) is 33.7 Å². The molecule has 0 bridgehead atoms. The first kappa shape index (κ1) is 71.4. The number of pyridine rings is 4. The highest BCUT2D eigenvalue weighted by Gasteiger charge is 2.40. The zero-order valence-corrected chi connectivity index (χ0v) is 60.1. The van der Waals surface area contributed by atoms with Crippen molar-refractivity contribution >= 4 is 79.0 Å². The number of benzene rings is 2. The predicted octanol–water partition coefficient (Wildman–Crippen LogP) is 16.8. The highest BCUT2D eigenvalue weighted by molar-refractivity contribution is 9.10. The van der Waals surface area contributed by atoms with E-state index in [1.165, 1.54) is 62.3 Å². The van der Waals surface area contributed by atoms with Crippen LogP contribution in [-0.4, -0.2) is 74.7 Å². The van der Waals surface area contributed by atoms with E-state index >= 15 is 0 Å². The van der Waals surface area contributed by atoms with Gasteiger partial charge in [-0.2, -0.15) is 0 Å². The van der Waals surface area contributed by atoms with E-state index < -0.39 is 23.8 Å². The number of hydrogen-bond acceptors (Lipinski definition) is 10. The standard InChI is InChI=1S/C37H50N4O2Si.C25H31BrN4O.C12H21BO3Si/c1-37(2,3)44(4,5)43-31-19-13-17-29(25-31)34-27-41(35-33(34)21-14-23-39-35)24-12-6-7-20-32(28-15-8-9-16-28)36(42)40-26-30-18-10-11-22-38-30;26-23-18-30(24-22(23)13-8-15-28-24)16-7-1-2-12-21(19-9-3-4-10-19)25(31)29-17-20-11-5-6-14-27-20;1-12(2,3)17(4,5)16-11-8-6-7-10(9-11)13(14)15/h10-11,13-14,17-19,21-23,25,27-28,32H,6-9,12,15-16,20,24,26H2,1-5H3,(H,40,42);5-6,8,11,13-15,18-19,21H,1-4,7,9-10,12,16-17H2,(H,29,31);6-9,14-15H,1-5H3. The minimum atomic E-state index is -1.93. The number of aryl methyl sites for hydroxylation is 2. The summed E-state index contributed by atoms with van der Waals surface area (Å²) in [5, 5.41) is 27.2. The first-order valence-corrected chi connectivity index (χ1v) is 40.4. The summed E-state index contributed by atoms with van der Waals surface area (Å²) in [5.74, 6) is 3.35. The number of fused-ring (bicyclic) bond motifs is 2. The lowest BCUT2D eigenvalue weighted by atomic mass is 9.80. The normalized spacial score (nSPS) is 14.7. The van der Waals surface area contributed by atoms with Crippen LogP contribution in [0.2, 0.25) is 36.3 Å². The fraction of sp³-hybridized carbons (Fsp3) is 0.486. The van der Waals surface area contributed by atoms with Crippen LogP contribution < -0.4 is 24.9 Å². The van der Waals surface area contributed by atoms with Gasteiger partial charge in [-0.25, -0.2) is 9.97 Å². The largest absolute Gasteiger partial charge is 0.544 e. The molecule has 2 aromatic carbocycles. The molecule has 2 unspecified atom stereocenters. The predicted molar refractivity (Wildman–Crippen MR) is 385 cm³/mol. The second-order valence-corrected chi connectivity index (χ2v) is 38.7. The lowest BCUT2D eigenvalue weighted by Gasteiger charge is -2.36. The third kappa shape index (κ3) is 20.3. The summed E-state index contributed by atoms with van der Waals surface area (Å²) in [6, 6.07) is 35.5. The zero-order valence-electron chi connectivity index (χ0n) is 56.5. The van der Waals surface area contributed by atoms with Crippen molar-refractivity contribution in [2.75, 3.05) is 0 Å². The lowest BCUT2D eigenvalue weighted by molar-refractivity contribution is -0.128. The molecule has 2 fully saturated rings. The lowest BCUT2D eigenvalue weighted by Crippen LogP contribution is -2.44. The van der Waals surface area contributed by atoms with Crippen molar-refractivity contribution in [1.82, 2.24) is 39.7 Å². The van der Waals surface area contributed by atoms with Gasteiger partial charge in [0.1, 0.15) is 22.8 Å². The van der Waals surface area contributed by atoms with E-state index in [2.05, 4.69) is 167 Å². The van der Waals surface area contributed by atoms with Crippen LogP contribution in [-0.2, 0) is 35.8 Å². The molecule has 6 aromatic heterocycles. The van der Waals surface area contributed by atoms with E-state index in [4.69, 9.17) is 23.9 Å². The second kappa shape index (κ2) is 33.6.